The van der Waals surface area contributed by atoms with E-state index in [1.165, 1.54) is 17.7 Å². The van der Waals surface area contributed by atoms with Crippen molar-refractivity contribution in [2.45, 2.75) is 13.3 Å². The molecule has 2 aromatic carbocycles. The van der Waals surface area contributed by atoms with Gasteiger partial charge in [-0.15, -0.1) is 0 Å². The Morgan fingerprint density at radius 1 is 1.15 bits per heavy atom. The van der Waals surface area contributed by atoms with E-state index < -0.39 is 0 Å². The monoisotopic (exact) mass is 270 g/mol. The molecule has 102 valence electrons. The first-order valence-electron chi connectivity index (χ1n) is 6.57. The first-order chi connectivity index (χ1) is 9.63. The zero-order valence-corrected chi connectivity index (χ0v) is 11.2. The molecule has 3 rings (SSSR count). The topological polar surface area (TPSA) is 32.3 Å². The lowest BCUT2D eigenvalue weighted by molar-refractivity contribution is -0.115. The van der Waals surface area contributed by atoms with E-state index in [2.05, 4.69) is 5.32 Å². The molecule has 0 bridgehead atoms. The van der Waals surface area contributed by atoms with Gasteiger partial charge in [0.2, 0.25) is 5.91 Å². The zero-order chi connectivity index (χ0) is 14.1. The van der Waals surface area contributed by atoms with E-state index in [1.54, 1.807) is 6.07 Å². The minimum atomic E-state index is -0.352. The highest BCUT2D eigenvalue weighted by atomic mass is 19.1. The van der Waals surface area contributed by atoms with Gasteiger partial charge in [0.05, 0.1) is 11.4 Å². The largest absolute Gasteiger partial charge is 0.339 e. The van der Waals surface area contributed by atoms with E-state index in [0.29, 0.717) is 18.7 Å². The van der Waals surface area contributed by atoms with Gasteiger partial charge >= 0.3 is 0 Å². The lowest BCUT2D eigenvalue weighted by atomic mass is 10.2. The Morgan fingerprint density at radius 2 is 1.90 bits per heavy atom. The number of amides is 1. The number of hydrogen-bond acceptors (Lipinski definition) is 2. The van der Waals surface area contributed by atoms with Crippen molar-refractivity contribution in [2.24, 2.45) is 0 Å². The second kappa shape index (κ2) is 4.96. The summed E-state index contributed by atoms with van der Waals surface area (Å²) in [5, 5.41) is 2.75. The van der Waals surface area contributed by atoms with E-state index >= 15 is 0 Å². The molecule has 1 N–H and O–H groups in total. The van der Waals surface area contributed by atoms with Crippen LogP contribution in [0.4, 0.5) is 21.5 Å². The predicted octanol–water partition coefficient (Wildman–Crippen LogP) is 3.61. The minimum absolute atomic E-state index is 0.0912. The molecule has 1 heterocycles. The first-order valence-corrected chi connectivity index (χ1v) is 6.57. The molecular formula is C16H15FN2O. The van der Waals surface area contributed by atoms with E-state index in [1.807, 2.05) is 36.1 Å². The molecule has 0 unspecified atom stereocenters. The van der Waals surface area contributed by atoms with E-state index in [9.17, 15) is 9.18 Å². The van der Waals surface area contributed by atoms with Crippen LogP contribution in [-0.2, 0) is 4.79 Å². The predicted molar refractivity (Wildman–Crippen MR) is 77.8 cm³/mol. The molecule has 20 heavy (non-hydrogen) atoms. The highest BCUT2D eigenvalue weighted by molar-refractivity contribution is 5.97. The van der Waals surface area contributed by atoms with Crippen molar-refractivity contribution in [3.63, 3.8) is 0 Å². The van der Waals surface area contributed by atoms with Crippen molar-refractivity contribution >= 4 is 23.0 Å². The third-order valence-electron chi connectivity index (χ3n) is 3.43. The quantitative estimate of drug-likeness (QED) is 0.858. The number of rotatable bonds is 1. The van der Waals surface area contributed by atoms with Crippen LogP contribution in [0, 0.1) is 12.7 Å². The number of nitrogens with one attached hydrogen (secondary N) is 1. The van der Waals surface area contributed by atoms with Gasteiger partial charge in [0.1, 0.15) is 5.82 Å². The van der Waals surface area contributed by atoms with Crippen molar-refractivity contribution in [2.75, 3.05) is 16.8 Å². The number of anilines is 3. The molecule has 4 heteroatoms. The number of hydrogen-bond donors (Lipinski definition) is 1. The maximum Gasteiger partial charge on any atom is 0.226 e. The van der Waals surface area contributed by atoms with E-state index in [-0.39, 0.29) is 11.7 Å². The van der Waals surface area contributed by atoms with Crippen LogP contribution in [0.2, 0.25) is 0 Å². The summed E-state index contributed by atoms with van der Waals surface area (Å²) in [6.07, 6.45) is 0.379. The second-order valence-corrected chi connectivity index (χ2v) is 4.95. The Morgan fingerprint density at radius 3 is 2.65 bits per heavy atom. The summed E-state index contributed by atoms with van der Waals surface area (Å²) in [5.41, 5.74) is 3.52. The maximum absolute atomic E-state index is 13.4. The molecule has 0 aliphatic carbocycles. The average Bonchev–Trinajstić information content (AvgIpc) is 2.58. The summed E-state index contributed by atoms with van der Waals surface area (Å²) in [6.45, 7) is 2.61. The maximum atomic E-state index is 13.4. The number of nitrogens with zero attached hydrogens (tertiary/aromatic N) is 1. The molecule has 2 aromatic rings. The summed E-state index contributed by atoms with van der Waals surface area (Å²) in [4.78, 5) is 13.8. The van der Waals surface area contributed by atoms with E-state index in [0.717, 1.165) is 11.4 Å². The highest BCUT2D eigenvalue weighted by Gasteiger charge is 2.20. The van der Waals surface area contributed by atoms with Crippen LogP contribution >= 0.6 is 0 Å². The Balaban J connectivity index is 2.08. The molecule has 1 amide bonds. The van der Waals surface area contributed by atoms with Gasteiger partial charge in [-0.2, -0.15) is 0 Å². The highest BCUT2D eigenvalue weighted by Crippen LogP contribution is 2.34. The molecule has 0 spiro atoms. The van der Waals surface area contributed by atoms with Gasteiger partial charge in [0.25, 0.3) is 0 Å². The Hall–Kier alpha value is -2.36. The van der Waals surface area contributed by atoms with Gasteiger partial charge < -0.3 is 10.2 Å². The second-order valence-electron chi connectivity index (χ2n) is 4.95. The molecule has 1 aliphatic rings. The summed E-state index contributed by atoms with van der Waals surface area (Å²) in [7, 11) is 0. The van der Waals surface area contributed by atoms with Crippen molar-refractivity contribution < 1.29 is 9.18 Å². The van der Waals surface area contributed by atoms with Crippen LogP contribution < -0.4 is 10.2 Å². The van der Waals surface area contributed by atoms with E-state index in [4.69, 9.17) is 0 Å². The lowest BCUT2D eigenvalue weighted by Gasteiger charge is -2.24. The number of benzene rings is 2. The average molecular weight is 270 g/mol. The Bertz CT molecular complexity index is 652. The third kappa shape index (κ3) is 2.37. The van der Waals surface area contributed by atoms with Gasteiger partial charge in [0, 0.05) is 18.7 Å². The third-order valence-corrected chi connectivity index (χ3v) is 3.43. The van der Waals surface area contributed by atoms with Crippen LogP contribution in [0.15, 0.2) is 42.5 Å². The molecule has 0 saturated carbocycles. The molecule has 0 fully saturated rings. The Labute approximate surface area is 117 Å². The SMILES string of the molecule is Cc1ccc(N2CCC(=O)Nc3cc(F)ccc32)cc1. The minimum Gasteiger partial charge on any atom is -0.339 e. The number of carbonyl (C=O) groups excluding carboxylic acids is 1. The fourth-order valence-electron chi connectivity index (χ4n) is 2.38. The molecule has 0 aromatic heterocycles. The number of fused-ring (bicyclic) bond motifs is 1. The smallest absolute Gasteiger partial charge is 0.226 e. The van der Waals surface area contributed by atoms with Gasteiger partial charge in [-0.3, -0.25) is 4.79 Å². The van der Waals surface area contributed by atoms with Crippen LogP contribution in [-0.4, -0.2) is 12.5 Å². The van der Waals surface area contributed by atoms with Crippen molar-refractivity contribution in [1.29, 1.82) is 0 Å². The number of halogens is 1. The molecule has 0 saturated heterocycles. The van der Waals surface area contributed by atoms with Crippen molar-refractivity contribution in [1.82, 2.24) is 0 Å². The van der Waals surface area contributed by atoms with Crippen LogP contribution in [0.3, 0.4) is 0 Å². The standard InChI is InChI=1S/C16H15FN2O/c1-11-2-5-13(6-3-11)19-9-8-16(20)18-14-10-12(17)4-7-15(14)19/h2-7,10H,8-9H2,1H3,(H,18,20). The summed E-state index contributed by atoms with van der Waals surface area (Å²) in [5.74, 6) is -0.443. The van der Waals surface area contributed by atoms with Crippen molar-refractivity contribution in [3.05, 3.63) is 53.8 Å². The normalized spacial score (nSPS) is 14.5. The summed E-state index contributed by atoms with van der Waals surface area (Å²) < 4.78 is 13.4. The van der Waals surface area contributed by atoms with Gasteiger partial charge in [-0.05, 0) is 37.3 Å². The fraction of sp³-hybridized carbons (Fsp3) is 0.188. The van der Waals surface area contributed by atoms with Crippen LogP contribution in [0.1, 0.15) is 12.0 Å². The lowest BCUT2D eigenvalue weighted by Crippen LogP contribution is -2.18. The van der Waals surface area contributed by atoms with Gasteiger partial charge in [0.15, 0.2) is 0 Å². The molecule has 0 atom stereocenters. The van der Waals surface area contributed by atoms with Gasteiger partial charge in [-0.25, -0.2) is 4.39 Å². The van der Waals surface area contributed by atoms with Gasteiger partial charge in [-0.1, -0.05) is 17.7 Å². The van der Waals surface area contributed by atoms with Crippen molar-refractivity contribution in [3.8, 4) is 0 Å². The number of carbonyl (C=O) groups is 1. The first kappa shape index (κ1) is 12.7. The van der Waals surface area contributed by atoms with Crippen LogP contribution in [0.25, 0.3) is 0 Å². The molecule has 0 radical (unpaired) electrons. The van der Waals surface area contributed by atoms with Crippen LogP contribution in [0.5, 0.6) is 0 Å². The summed E-state index contributed by atoms with van der Waals surface area (Å²) >= 11 is 0. The molecular weight excluding hydrogens is 255 g/mol. The molecule has 3 nitrogen and oxygen atoms in total. The number of aryl methyl sites for hydroxylation is 1. The molecule has 1 aliphatic heterocycles. The Kier molecular flexibility index (Phi) is 3.14. The fourth-order valence-corrected chi connectivity index (χ4v) is 2.38. The summed E-state index contributed by atoms with van der Waals surface area (Å²) in [6, 6.07) is 12.6. The zero-order valence-electron chi connectivity index (χ0n) is 11.2.